The standard InChI is InChI=1S/C6H4O2/c1-5-2-8-4-6(5)3-7-1/h1-4H. The Morgan fingerprint density at radius 3 is 3.38 bits per heavy atom. The third-order valence-electron chi connectivity index (χ3n) is 1.11. The molecule has 0 amide bonds. The number of hydrogen-bond acceptors (Lipinski definition) is 1. The zero-order valence-electron chi connectivity index (χ0n) is 4.13. The van der Waals surface area contributed by atoms with E-state index in [9.17, 15) is 0 Å². The summed E-state index contributed by atoms with van der Waals surface area (Å²) in [5.74, 6) is 0. The van der Waals surface area contributed by atoms with Gasteiger partial charge in [0.15, 0.2) is 0 Å². The van der Waals surface area contributed by atoms with Crippen molar-refractivity contribution in [3.8, 4) is 0 Å². The minimum atomic E-state index is 1.02. The van der Waals surface area contributed by atoms with Gasteiger partial charge in [0.05, 0.1) is 0 Å². The van der Waals surface area contributed by atoms with Crippen LogP contribution >= 0.6 is 0 Å². The van der Waals surface area contributed by atoms with Gasteiger partial charge in [0.25, 0.3) is 0 Å². The lowest BCUT2D eigenvalue weighted by Gasteiger charge is -1.61. The highest BCUT2D eigenvalue weighted by Gasteiger charge is 1.92. The Kier molecular flexibility index (Phi) is 0.545. The second-order valence-corrected chi connectivity index (χ2v) is 1.65. The van der Waals surface area contributed by atoms with E-state index in [1.54, 1.807) is 25.1 Å². The third-order valence-corrected chi connectivity index (χ3v) is 1.11. The Balaban J connectivity index is 3.06. The average molecular weight is 108 g/mol. The van der Waals surface area contributed by atoms with E-state index in [4.69, 9.17) is 8.83 Å². The molecule has 0 saturated carbocycles. The first kappa shape index (κ1) is 3.78. The molecular weight excluding hydrogens is 104 g/mol. The molecule has 0 bridgehead atoms. The zero-order chi connectivity index (χ0) is 5.40. The summed E-state index contributed by atoms with van der Waals surface area (Å²) in [4.78, 5) is 0. The molecule has 0 atom stereocenters. The van der Waals surface area contributed by atoms with Crippen LogP contribution < -0.4 is 0 Å². The monoisotopic (exact) mass is 108 g/mol. The van der Waals surface area contributed by atoms with Crippen molar-refractivity contribution < 1.29 is 8.83 Å². The van der Waals surface area contributed by atoms with Crippen molar-refractivity contribution in [2.24, 2.45) is 0 Å². The third kappa shape index (κ3) is 0.320. The molecular formula is C6H4O2. The van der Waals surface area contributed by atoms with Gasteiger partial charge in [-0.3, -0.25) is 0 Å². The maximum Gasteiger partial charge on any atom is 0.234 e. The highest BCUT2D eigenvalue weighted by atomic mass is 16.3. The Bertz CT molecular complexity index is 228. The summed E-state index contributed by atoms with van der Waals surface area (Å²) in [6, 6.07) is 0. The predicted molar refractivity (Wildman–Crippen MR) is 28.5 cm³/mol. The van der Waals surface area contributed by atoms with Gasteiger partial charge in [0.2, 0.25) is 12.5 Å². The molecule has 2 rings (SSSR count). The molecule has 0 aliphatic carbocycles. The summed E-state index contributed by atoms with van der Waals surface area (Å²) in [5, 5.41) is 2.04. The van der Waals surface area contributed by atoms with E-state index in [0.29, 0.717) is 0 Å². The summed E-state index contributed by atoms with van der Waals surface area (Å²) in [6.45, 7) is 0. The van der Waals surface area contributed by atoms with Gasteiger partial charge in [-0.2, -0.15) is 0 Å². The number of furan rings is 2. The molecule has 2 aromatic heterocycles. The summed E-state index contributed by atoms with van der Waals surface area (Å²) in [7, 11) is 0. The van der Waals surface area contributed by atoms with Crippen LogP contribution in [0.15, 0.2) is 33.9 Å². The fourth-order valence-electron chi connectivity index (χ4n) is 0.689. The van der Waals surface area contributed by atoms with Crippen molar-refractivity contribution in [1.29, 1.82) is 0 Å². The fraction of sp³-hybridized carbons (Fsp3) is 0. The van der Waals surface area contributed by atoms with Gasteiger partial charge in [0.1, 0.15) is 0 Å². The minimum absolute atomic E-state index is 1.02. The summed E-state index contributed by atoms with van der Waals surface area (Å²) < 4.78 is 9.69. The quantitative estimate of drug-likeness (QED) is 0.381. The van der Waals surface area contributed by atoms with E-state index in [-0.39, 0.29) is 0 Å². The van der Waals surface area contributed by atoms with Gasteiger partial charge >= 0.3 is 0 Å². The lowest BCUT2D eigenvalue weighted by molar-refractivity contribution is 0.550. The summed E-state index contributed by atoms with van der Waals surface area (Å²) in [6.07, 6.45) is 6.61. The second kappa shape index (κ2) is 1.15. The second-order valence-electron chi connectivity index (χ2n) is 1.65. The van der Waals surface area contributed by atoms with Crippen molar-refractivity contribution in [2.45, 2.75) is 0 Å². The van der Waals surface area contributed by atoms with Gasteiger partial charge in [-0.1, -0.05) is 0 Å². The smallest absolute Gasteiger partial charge is 0.234 e. The highest BCUT2D eigenvalue weighted by molar-refractivity contribution is 5.79. The van der Waals surface area contributed by atoms with Crippen molar-refractivity contribution in [3.63, 3.8) is 0 Å². The number of rotatable bonds is 0. The van der Waals surface area contributed by atoms with Crippen molar-refractivity contribution in [3.05, 3.63) is 25.1 Å². The van der Waals surface area contributed by atoms with Crippen molar-refractivity contribution >= 4 is 10.8 Å². The molecule has 0 aliphatic rings. The molecule has 0 fully saturated rings. The first-order chi connectivity index (χ1) is 3.97. The molecule has 0 spiro atoms. The molecule has 8 heavy (non-hydrogen) atoms. The van der Waals surface area contributed by atoms with Crippen LogP contribution in [0.5, 0.6) is 0 Å². The Hall–Kier alpha value is -1.18. The van der Waals surface area contributed by atoms with Crippen LogP contribution in [0, 0.1) is 0 Å². The van der Waals surface area contributed by atoms with Crippen LogP contribution in [-0.4, -0.2) is 0 Å². The van der Waals surface area contributed by atoms with Gasteiger partial charge in [-0.25, -0.2) is 0 Å². The van der Waals surface area contributed by atoms with E-state index in [1.807, 2.05) is 0 Å². The first-order valence-electron chi connectivity index (χ1n) is 2.35. The van der Waals surface area contributed by atoms with E-state index < -0.39 is 0 Å². The first-order valence-corrected chi connectivity index (χ1v) is 2.35. The van der Waals surface area contributed by atoms with Gasteiger partial charge in [0, 0.05) is 12.5 Å². The molecule has 2 nitrogen and oxygen atoms in total. The maximum atomic E-state index is 4.84. The fourth-order valence-corrected chi connectivity index (χ4v) is 0.689. The number of hydrogen-bond donors (Lipinski definition) is 0. The van der Waals surface area contributed by atoms with Gasteiger partial charge in [-0.05, 0) is 10.8 Å². The van der Waals surface area contributed by atoms with Crippen LogP contribution in [0.1, 0.15) is 0 Å². The zero-order valence-corrected chi connectivity index (χ0v) is 4.13. The molecule has 2 heteroatoms. The average Bonchev–Trinajstić information content (AvgIpc) is 2.15. The van der Waals surface area contributed by atoms with Crippen LogP contribution in [0.4, 0.5) is 0 Å². The van der Waals surface area contributed by atoms with Crippen LogP contribution in [0.3, 0.4) is 0 Å². The molecule has 0 aromatic carbocycles. The largest absolute Gasteiger partial charge is 0.525 e. The van der Waals surface area contributed by atoms with E-state index >= 15 is 0 Å². The summed E-state index contributed by atoms with van der Waals surface area (Å²) in [5.41, 5.74) is 0. The molecule has 2 heterocycles. The minimum Gasteiger partial charge on any atom is -0.525 e. The van der Waals surface area contributed by atoms with E-state index in [1.165, 1.54) is 0 Å². The van der Waals surface area contributed by atoms with E-state index in [0.717, 1.165) is 10.8 Å². The lowest BCUT2D eigenvalue weighted by Crippen LogP contribution is -1.38. The van der Waals surface area contributed by atoms with Crippen molar-refractivity contribution in [2.75, 3.05) is 0 Å². The van der Waals surface area contributed by atoms with E-state index in [2.05, 4.69) is 0 Å². The molecule has 0 unspecified atom stereocenters. The maximum absolute atomic E-state index is 4.84. The Labute approximate surface area is 45.7 Å². The van der Waals surface area contributed by atoms with Gasteiger partial charge < -0.3 is 8.83 Å². The molecule has 0 N–H and O–H groups in total. The summed E-state index contributed by atoms with van der Waals surface area (Å²) >= 11 is 0. The SMILES string of the molecule is c1occ2[cH-][o+]cc12. The molecule has 0 radical (unpaired) electrons. The highest BCUT2D eigenvalue weighted by Crippen LogP contribution is 2.14. The van der Waals surface area contributed by atoms with Crippen molar-refractivity contribution in [1.82, 2.24) is 0 Å². The molecule has 0 saturated heterocycles. The number of fused-ring (bicyclic) bond motifs is 1. The van der Waals surface area contributed by atoms with Gasteiger partial charge in [-0.15, -0.1) is 0 Å². The Morgan fingerprint density at radius 1 is 1.50 bits per heavy atom. The lowest BCUT2D eigenvalue weighted by atomic mass is 10.4. The van der Waals surface area contributed by atoms with Crippen LogP contribution in [0.25, 0.3) is 10.8 Å². The van der Waals surface area contributed by atoms with Crippen LogP contribution in [0.2, 0.25) is 0 Å². The molecule has 40 valence electrons. The Morgan fingerprint density at radius 2 is 2.50 bits per heavy atom. The topological polar surface area (TPSA) is 24.4 Å². The predicted octanol–water partition coefficient (Wildman–Crippen LogP) is 2.03. The van der Waals surface area contributed by atoms with Crippen LogP contribution in [-0.2, 0) is 0 Å². The molecule has 0 aliphatic heterocycles. The normalized spacial score (nSPS) is 10.5. The molecule has 2 aromatic rings.